The summed E-state index contributed by atoms with van der Waals surface area (Å²) in [6.07, 6.45) is -1.94. The number of benzene rings is 2. The number of esters is 2. The highest BCUT2D eigenvalue weighted by molar-refractivity contribution is 6.28. The Labute approximate surface area is 263 Å². The number of nitrogens with zero attached hydrogens (tertiary/aromatic N) is 5. The van der Waals surface area contributed by atoms with Crippen LogP contribution < -0.4 is 5.32 Å². The van der Waals surface area contributed by atoms with Crippen LogP contribution >= 0.6 is 11.6 Å². The Bertz CT molecular complexity index is 1760. The van der Waals surface area contributed by atoms with Crippen molar-refractivity contribution in [2.24, 2.45) is 0 Å². The molecule has 13 heteroatoms. The molecule has 1 N–H and O–H groups in total. The smallest absolute Gasteiger partial charge is 0.303 e. The van der Waals surface area contributed by atoms with E-state index in [4.69, 9.17) is 30.3 Å². The standard InChI is InChI=1S/C32H31ClN6O6/c1-4-22-15-24(45-38-22)26-27(42-18(2)40)28(43-19(3)41)31(44-26)39-17-35-25-29(36-32(33)37-30(25)39)34-16-23(20-11-7-5-8-12-20)21-13-9-6-10-14-21/h5-15,17,23,26-28,31H,4,16H2,1-3H3,(H,34,36,37)/t26-,27-,28-,31-/m1/s1. The van der Waals surface area contributed by atoms with Crippen molar-refractivity contribution in [2.45, 2.75) is 57.6 Å². The molecule has 0 aliphatic carbocycles. The maximum Gasteiger partial charge on any atom is 0.303 e. The van der Waals surface area contributed by atoms with Crippen LogP contribution in [0.4, 0.5) is 5.82 Å². The highest BCUT2D eigenvalue weighted by Gasteiger charge is 2.52. The van der Waals surface area contributed by atoms with Crippen LogP contribution in [0.3, 0.4) is 0 Å². The van der Waals surface area contributed by atoms with Gasteiger partial charge in [-0.2, -0.15) is 9.97 Å². The van der Waals surface area contributed by atoms with Gasteiger partial charge in [0.25, 0.3) is 0 Å². The predicted molar refractivity (Wildman–Crippen MR) is 163 cm³/mol. The molecular formula is C32H31ClN6O6. The summed E-state index contributed by atoms with van der Waals surface area (Å²) in [5, 5.41) is 7.44. The molecule has 4 atom stereocenters. The molecule has 232 valence electrons. The van der Waals surface area contributed by atoms with E-state index in [1.165, 1.54) is 20.2 Å². The highest BCUT2D eigenvalue weighted by atomic mass is 35.5. The lowest BCUT2D eigenvalue weighted by Gasteiger charge is -2.23. The van der Waals surface area contributed by atoms with Gasteiger partial charge in [-0.3, -0.25) is 14.2 Å². The minimum absolute atomic E-state index is 0.00459. The molecule has 3 aromatic heterocycles. The first-order valence-electron chi connectivity index (χ1n) is 14.5. The van der Waals surface area contributed by atoms with Crippen molar-refractivity contribution in [3.63, 3.8) is 0 Å². The van der Waals surface area contributed by atoms with Gasteiger partial charge in [-0.25, -0.2) is 4.98 Å². The van der Waals surface area contributed by atoms with Crippen LogP contribution in [0.25, 0.3) is 11.2 Å². The zero-order valence-corrected chi connectivity index (χ0v) is 25.5. The van der Waals surface area contributed by atoms with E-state index in [0.29, 0.717) is 41.4 Å². The minimum Gasteiger partial charge on any atom is -0.455 e. The Hall–Kier alpha value is -4.81. The third-order valence-electron chi connectivity index (χ3n) is 7.56. The van der Waals surface area contributed by atoms with E-state index < -0.39 is 36.5 Å². The zero-order valence-electron chi connectivity index (χ0n) is 24.8. The molecule has 6 rings (SSSR count). The van der Waals surface area contributed by atoms with Gasteiger partial charge >= 0.3 is 11.9 Å². The first kappa shape index (κ1) is 30.2. The van der Waals surface area contributed by atoms with Gasteiger partial charge in [-0.1, -0.05) is 72.7 Å². The van der Waals surface area contributed by atoms with Gasteiger partial charge in [-0.15, -0.1) is 0 Å². The lowest BCUT2D eigenvalue weighted by atomic mass is 9.91. The molecule has 1 aliphatic rings. The summed E-state index contributed by atoms with van der Waals surface area (Å²) in [6.45, 7) is 4.95. The summed E-state index contributed by atoms with van der Waals surface area (Å²) in [5.74, 6) is -0.431. The molecule has 2 aromatic carbocycles. The second-order valence-electron chi connectivity index (χ2n) is 10.6. The number of carbonyl (C=O) groups excluding carboxylic acids is 2. The third kappa shape index (κ3) is 6.38. The number of nitrogens with one attached hydrogen (secondary N) is 1. The van der Waals surface area contributed by atoms with Crippen molar-refractivity contribution in [2.75, 3.05) is 11.9 Å². The fourth-order valence-electron chi connectivity index (χ4n) is 5.56. The maximum atomic E-state index is 12.3. The number of hydrogen-bond donors (Lipinski definition) is 1. The lowest BCUT2D eigenvalue weighted by Crippen LogP contribution is -2.36. The van der Waals surface area contributed by atoms with Gasteiger partial charge in [0.15, 0.2) is 47.3 Å². The number of halogens is 1. The summed E-state index contributed by atoms with van der Waals surface area (Å²) >= 11 is 6.45. The topological polar surface area (TPSA) is 143 Å². The van der Waals surface area contributed by atoms with Crippen molar-refractivity contribution in [3.05, 3.63) is 101 Å². The summed E-state index contributed by atoms with van der Waals surface area (Å²) < 4.78 is 24.8. The van der Waals surface area contributed by atoms with Crippen LogP contribution in [-0.4, -0.2) is 55.4 Å². The van der Waals surface area contributed by atoms with Crippen molar-refractivity contribution >= 4 is 40.5 Å². The number of anilines is 1. The predicted octanol–water partition coefficient (Wildman–Crippen LogP) is 5.41. The number of carbonyl (C=O) groups is 2. The third-order valence-corrected chi connectivity index (χ3v) is 7.73. The number of ether oxygens (including phenoxy) is 3. The Morgan fingerprint density at radius 1 is 0.978 bits per heavy atom. The van der Waals surface area contributed by atoms with Crippen LogP contribution in [0.5, 0.6) is 0 Å². The van der Waals surface area contributed by atoms with Gasteiger partial charge in [0.1, 0.15) is 0 Å². The fraction of sp³-hybridized carbons (Fsp3) is 0.312. The molecule has 0 saturated carbocycles. The Morgan fingerprint density at radius 3 is 2.22 bits per heavy atom. The monoisotopic (exact) mass is 630 g/mol. The van der Waals surface area contributed by atoms with Gasteiger partial charge in [0.2, 0.25) is 5.28 Å². The van der Waals surface area contributed by atoms with E-state index in [-0.39, 0.29) is 11.2 Å². The van der Waals surface area contributed by atoms with Crippen molar-refractivity contribution in [1.82, 2.24) is 24.7 Å². The fourth-order valence-corrected chi connectivity index (χ4v) is 5.72. The number of aromatic nitrogens is 5. The van der Waals surface area contributed by atoms with Crippen LogP contribution in [0.15, 0.2) is 77.6 Å². The van der Waals surface area contributed by atoms with E-state index in [0.717, 1.165) is 11.1 Å². The number of imidazole rings is 1. The molecule has 1 aliphatic heterocycles. The van der Waals surface area contributed by atoms with Crippen LogP contribution in [0, 0.1) is 0 Å². The second kappa shape index (κ2) is 13.0. The summed E-state index contributed by atoms with van der Waals surface area (Å²) in [7, 11) is 0. The van der Waals surface area contributed by atoms with E-state index in [1.807, 2.05) is 43.3 Å². The number of fused-ring (bicyclic) bond motifs is 1. The molecule has 0 amide bonds. The number of aryl methyl sites for hydroxylation is 1. The van der Waals surface area contributed by atoms with E-state index in [1.54, 1.807) is 10.6 Å². The zero-order chi connectivity index (χ0) is 31.5. The SMILES string of the molecule is CCc1cc([C@H]2O[C@@H](n3cnc4c(NCC(c5ccccc5)c5ccccc5)nc(Cl)nc43)[C@H](OC(C)=O)[C@@H]2OC(C)=O)on1. The molecular weight excluding hydrogens is 600 g/mol. The van der Waals surface area contributed by atoms with E-state index in [9.17, 15) is 9.59 Å². The van der Waals surface area contributed by atoms with Crippen molar-refractivity contribution in [1.29, 1.82) is 0 Å². The molecule has 0 radical (unpaired) electrons. The lowest BCUT2D eigenvalue weighted by molar-refractivity contribution is -0.165. The molecule has 1 fully saturated rings. The van der Waals surface area contributed by atoms with Gasteiger partial charge < -0.3 is 24.1 Å². The maximum absolute atomic E-state index is 12.3. The average molecular weight is 631 g/mol. The highest BCUT2D eigenvalue weighted by Crippen LogP contribution is 2.44. The van der Waals surface area contributed by atoms with Crippen molar-refractivity contribution in [3.8, 4) is 0 Å². The normalized spacial score (nSPS) is 19.6. The first-order chi connectivity index (χ1) is 21.8. The van der Waals surface area contributed by atoms with Crippen LogP contribution in [-0.2, 0) is 30.2 Å². The average Bonchev–Trinajstić information content (AvgIpc) is 3.76. The summed E-state index contributed by atoms with van der Waals surface area (Å²) in [5.41, 5.74) is 3.69. The molecule has 0 spiro atoms. The first-order valence-corrected chi connectivity index (χ1v) is 14.9. The largest absolute Gasteiger partial charge is 0.455 e. The van der Waals surface area contributed by atoms with E-state index >= 15 is 0 Å². The molecule has 12 nitrogen and oxygen atoms in total. The Morgan fingerprint density at radius 2 is 1.62 bits per heavy atom. The van der Waals surface area contributed by atoms with Gasteiger partial charge in [0.05, 0.1) is 12.0 Å². The number of rotatable bonds is 10. The van der Waals surface area contributed by atoms with Crippen LogP contribution in [0.2, 0.25) is 5.28 Å². The molecule has 5 aromatic rings. The molecule has 45 heavy (non-hydrogen) atoms. The summed E-state index contributed by atoms with van der Waals surface area (Å²) in [4.78, 5) is 37.9. The van der Waals surface area contributed by atoms with Crippen molar-refractivity contribution < 1.29 is 28.3 Å². The molecule has 1 saturated heterocycles. The minimum atomic E-state index is -1.07. The quantitative estimate of drug-likeness (QED) is 0.156. The number of hydrogen-bond acceptors (Lipinski definition) is 11. The molecule has 4 heterocycles. The Kier molecular flexibility index (Phi) is 8.76. The molecule has 0 unspecified atom stereocenters. The second-order valence-corrected chi connectivity index (χ2v) is 10.9. The van der Waals surface area contributed by atoms with Crippen LogP contribution in [0.1, 0.15) is 61.6 Å². The van der Waals surface area contributed by atoms with Gasteiger partial charge in [-0.05, 0) is 29.1 Å². The Balaban J connectivity index is 1.36. The van der Waals surface area contributed by atoms with E-state index in [2.05, 4.69) is 49.7 Å². The van der Waals surface area contributed by atoms with Gasteiger partial charge in [0, 0.05) is 32.4 Å². The summed E-state index contributed by atoms with van der Waals surface area (Å²) in [6, 6.07) is 22.0. The molecule has 0 bridgehead atoms.